The average Bonchev–Trinajstić information content (AvgIpc) is 3.20. The van der Waals surface area contributed by atoms with E-state index in [0.29, 0.717) is 18.4 Å². The highest BCUT2D eigenvalue weighted by Gasteiger charge is 2.23. The first-order valence-electron chi connectivity index (χ1n) is 9.96. The van der Waals surface area contributed by atoms with Crippen molar-refractivity contribution in [1.82, 2.24) is 15.0 Å². The van der Waals surface area contributed by atoms with Crippen molar-refractivity contribution in [3.05, 3.63) is 35.7 Å². The third-order valence-electron chi connectivity index (χ3n) is 5.38. The zero-order chi connectivity index (χ0) is 19.9. The lowest BCUT2D eigenvalue weighted by atomic mass is 9.92. The molecule has 2 heterocycles. The number of hydrogen-bond donors (Lipinski definition) is 0. The number of ether oxygens (including phenoxy) is 1. The fraction of sp³-hybridized carbons (Fsp3) is 0.571. The van der Waals surface area contributed by atoms with Gasteiger partial charge in [0.25, 0.3) is 0 Å². The molecule has 1 amide bonds. The summed E-state index contributed by atoms with van der Waals surface area (Å²) < 4.78 is 10.6. The lowest BCUT2D eigenvalue weighted by Gasteiger charge is -2.32. The number of aromatic nitrogens is 2. The number of likely N-dealkylation sites (tertiary alicyclic amines) is 1. The molecule has 0 atom stereocenters. The predicted octanol–water partition coefficient (Wildman–Crippen LogP) is 2.95. The number of piperidine rings is 1. The normalized spacial score (nSPS) is 14.9. The van der Waals surface area contributed by atoms with E-state index in [0.717, 1.165) is 62.3 Å². The molecule has 1 aromatic heterocycles. The molecule has 1 aliphatic rings. The predicted molar refractivity (Wildman–Crippen MR) is 108 cm³/mol. The average molecular weight is 386 g/mol. The molecule has 1 aliphatic heterocycles. The Bertz CT molecular complexity index is 767. The van der Waals surface area contributed by atoms with Crippen LogP contribution in [0.3, 0.4) is 0 Å². The maximum atomic E-state index is 12.6. The molecule has 0 saturated carbocycles. The van der Waals surface area contributed by atoms with Crippen LogP contribution in [0.15, 0.2) is 28.8 Å². The second kappa shape index (κ2) is 9.57. The van der Waals surface area contributed by atoms with Crippen LogP contribution in [-0.4, -0.2) is 55.2 Å². The SMILES string of the molecule is COc1ccccc1CCC(=O)N1CCC(CCc2noc(N(C)C)n2)CC1. The van der Waals surface area contributed by atoms with Gasteiger partial charge in [-0.2, -0.15) is 4.98 Å². The first kappa shape index (κ1) is 20.2. The number of methoxy groups -OCH3 is 1. The van der Waals surface area contributed by atoms with Crippen molar-refractivity contribution in [1.29, 1.82) is 0 Å². The van der Waals surface area contributed by atoms with Crippen molar-refractivity contribution in [3.8, 4) is 5.75 Å². The highest BCUT2D eigenvalue weighted by Crippen LogP contribution is 2.24. The molecule has 1 fully saturated rings. The highest BCUT2D eigenvalue weighted by molar-refractivity contribution is 5.76. The van der Waals surface area contributed by atoms with Crippen LogP contribution in [0.25, 0.3) is 0 Å². The largest absolute Gasteiger partial charge is 0.496 e. The van der Waals surface area contributed by atoms with E-state index in [4.69, 9.17) is 9.26 Å². The second-order valence-corrected chi connectivity index (χ2v) is 7.56. The van der Waals surface area contributed by atoms with Crippen molar-refractivity contribution in [3.63, 3.8) is 0 Å². The van der Waals surface area contributed by atoms with Gasteiger partial charge in [0.15, 0.2) is 5.82 Å². The molecular weight excluding hydrogens is 356 g/mol. The van der Waals surface area contributed by atoms with Gasteiger partial charge < -0.3 is 19.1 Å². The molecule has 0 radical (unpaired) electrons. The molecule has 0 spiro atoms. The number of anilines is 1. The number of hydrogen-bond acceptors (Lipinski definition) is 6. The van der Waals surface area contributed by atoms with Crippen LogP contribution < -0.4 is 9.64 Å². The Labute approximate surface area is 166 Å². The first-order valence-corrected chi connectivity index (χ1v) is 9.96. The zero-order valence-corrected chi connectivity index (χ0v) is 17.1. The van der Waals surface area contributed by atoms with Crippen molar-refractivity contribution in [2.45, 2.75) is 38.5 Å². The Kier molecular flexibility index (Phi) is 6.90. The number of benzene rings is 1. The molecule has 0 aliphatic carbocycles. The van der Waals surface area contributed by atoms with E-state index in [-0.39, 0.29) is 5.91 Å². The van der Waals surface area contributed by atoms with Gasteiger partial charge in [0.2, 0.25) is 5.91 Å². The minimum absolute atomic E-state index is 0.234. The van der Waals surface area contributed by atoms with Crippen LogP contribution in [0, 0.1) is 5.92 Å². The molecule has 152 valence electrons. The fourth-order valence-corrected chi connectivity index (χ4v) is 3.64. The number of carbonyl (C=O) groups excluding carboxylic acids is 1. The van der Waals surface area contributed by atoms with Gasteiger partial charge in [0.05, 0.1) is 7.11 Å². The Morgan fingerprint density at radius 3 is 2.68 bits per heavy atom. The van der Waals surface area contributed by atoms with E-state index < -0.39 is 0 Å². The number of aryl methyl sites for hydroxylation is 2. The van der Waals surface area contributed by atoms with Crippen molar-refractivity contribution in [2.24, 2.45) is 5.92 Å². The standard InChI is InChI=1S/C21H30N4O3/c1-24(2)21-22-19(23-28-21)10-8-16-12-14-25(15-13-16)20(26)11-9-17-6-4-5-7-18(17)27-3/h4-7,16H,8-15H2,1-3H3. The summed E-state index contributed by atoms with van der Waals surface area (Å²) in [5.74, 6) is 2.46. The van der Waals surface area contributed by atoms with Gasteiger partial charge in [-0.3, -0.25) is 4.79 Å². The van der Waals surface area contributed by atoms with Gasteiger partial charge in [-0.15, -0.1) is 0 Å². The number of rotatable bonds is 8. The van der Waals surface area contributed by atoms with E-state index in [1.54, 1.807) is 7.11 Å². The monoisotopic (exact) mass is 386 g/mol. The summed E-state index contributed by atoms with van der Waals surface area (Å²) in [4.78, 5) is 20.8. The van der Waals surface area contributed by atoms with E-state index >= 15 is 0 Å². The molecule has 1 saturated heterocycles. The Morgan fingerprint density at radius 1 is 1.25 bits per heavy atom. The van der Waals surface area contributed by atoms with Gasteiger partial charge >= 0.3 is 6.01 Å². The lowest BCUT2D eigenvalue weighted by molar-refractivity contribution is -0.132. The quantitative estimate of drug-likeness (QED) is 0.695. The molecule has 0 unspecified atom stereocenters. The number of nitrogens with zero attached hydrogens (tertiary/aromatic N) is 4. The van der Waals surface area contributed by atoms with Crippen LogP contribution in [0.2, 0.25) is 0 Å². The summed E-state index contributed by atoms with van der Waals surface area (Å²) in [5, 5.41) is 4.03. The Morgan fingerprint density at radius 2 is 2.00 bits per heavy atom. The second-order valence-electron chi connectivity index (χ2n) is 7.56. The van der Waals surface area contributed by atoms with Gasteiger partial charge in [0.1, 0.15) is 5.75 Å². The lowest BCUT2D eigenvalue weighted by Crippen LogP contribution is -2.38. The Hall–Kier alpha value is -2.57. The first-order chi connectivity index (χ1) is 13.6. The maximum Gasteiger partial charge on any atom is 0.323 e. The summed E-state index contributed by atoms with van der Waals surface area (Å²) in [6.07, 6.45) is 5.19. The van der Waals surface area contributed by atoms with Gasteiger partial charge in [-0.25, -0.2) is 0 Å². The number of carbonyl (C=O) groups is 1. The Balaban J connectivity index is 1.40. The van der Waals surface area contributed by atoms with Crippen LogP contribution in [-0.2, 0) is 17.6 Å². The molecule has 7 heteroatoms. The minimum atomic E-state index is 0.234. The van der Waals surface area contributed by atoms with E-state index in [1.165, 1.54) is 0 Å². The van der Waals surface area contributed by atoms with Crippen LogP contribution in [0.5, 0.6) is 5.75 Å². The molecular formula is C21H30N4O3. The van der Waals surface area contributed by atoms with E-state index in [9.17, 15) is 4.79 Å². The molecule has 3 rings (SSSR count). The molecule has 7 nitrogen and oxygen atoms in total. The van der Waals surface area contributed by atoms with Crippen molar-refractivity contribution < 1.29 is 14.1 Å². The fourth-order valence-electron chi connectivity index (χ4n) is 3.64. The van der Waals surface area contributed by atoms with Crippen LogP contribution >= 0.6 is 0 Å². The van der Waals surface area contributed by atoms with E-state index in [2.05, 4.69) is 10.1 Å². The summed E-state index contributed by atoms with van der Waals surface area (Å²) in [5.41, 5.74) is 1.09. The number of para-hydroxylation sites is 1. The summed E-state index contributed by atoms with van der Waals surface area (Å²) in [7, 11) is 5.44. The molecule has 28 heavy (non-hydrogen) atoms. The minimum Gasteiger partial charge on any atom is -0.496 e. The molecule has 1 aromatic carbocycles. The topological polar surface area (TPSA) is 71.7 Å². The van der Waals surface area contributed by atoms with Crippen molar-refractivity contribution in [2.75, 3.05) is 39.2 Å². The summed E-state index contributed by atoms with van der Waals surface area (Å²) in [6, 6.07) is 8.45. The smallest absolute Gasteiger partial charge is 0.323 e. The van der Waals surface area contributed by atoms with Crippen LogP contribution in [0.4, 0.5) is 6.01 Å². The van der Waals surface area contributed by atoms with Gasteiger partial charge in [-0.1, -0.05) is 23.4 Å². The highest BCUT2D eigenvalue weighted by atomic mass is 16.5. The third-order valence-corrected chi connectivity index (χ3v) is 5.38. The summed E-state index contributed by atoms with van der Waals surface area (Å²) in [6.45, 7) is 1.68. The van der Waals surface area contributed by atoms with Crippen molar-refractivity contribution >= 4 is 11.9 Å². The molecule has 0 bridgehead atoms. The third kappa shape index (κ3) is 5.24. The van der Waals surface area contributed by atoms with Gasteiger partial charge in [0, 0.05) is 40.0 Å². The molecule has 0 N–H and O–H groups in total. The van der Waals surface area contributed by atoms with E-state index in [1.807, 2.05) is 48.2 Å². The maximum absolute atomic E-state index is 12.6. The summed E-state index contributed by atoms with van der Waals surface area (Å²) >= 11 is 0. The van der Waals surface area contributed by atoms with Crippen LogP contribution in [0.1, 0.15) is 37.1 Å². The number of amides is 1. The van der Waals surface area contributed by atoms with Gasteiger partial charge in [-0.05, 0) is 43.2 Å². The molecule has 2 aromatic rings. The zero-order valence-electron chi connectivity index (χ0n) is 17.1.